The van der Waals surface area contributed by atoms with E-state index >= 15 is 0 Å². The molecule has 0 fully saturated rings. The average molecular weight is 334 g/mol. The van der Waals surface area contributed by atoms with E-state index in [1.165, 1.54) is 23.1 Å². The predicted molar refractivity (Wildman–Crippen MR) is 92.7 cm³/mol. The molecule has 0 spiro atoms. The second kappa shape index (κ2) is 5.28. The van der Waals surface area contributed by atoms with Crippen LogP contribution < -0.4 is 0 Å². The van der Waals surface area contributed by atoms with Crippen LogP contribution in [0.3, 0.4) is 0 Å². The lowest BCUT2D eigenvalue weighted by molar-refractivity contribution is 0.557. The molecule has 1 radical (unpaired) electrons. The minimum Gasteiger partial charge on any atom is -0.453 e. The van der Waals surface area contributed by atoms with Crippen LogP contribution in [0.25, 0.3) is 33.0 Å². The largest absolute Gasteiger partial charge is 0.453 e. The van der Waals surface area contributed by atoms with E-state index in [-0.39, 0.29) is 5.82 Å². The van der Waals surface area contributed by atoms with Gasteiger partial charge >= 0.3 is 0 Å². The fourth-order valence-corrected chi connectivity index (χ4v) is 4.54. The fraction of sp³-hybridized carbons (Fsp3) is 0.150. The highest BCUT2D eigenvalue weighted by molar-refractivity contribution is 7.15. The van der Waals surface area contributed by atoms with Crippen molar-refractivity contribution in [1.82, 2.24) is 4.98 Å². The molecule has 0 saturated heterocycles. The molecule has 2 heterocycles. The van der Waals surface area contributed by atoms with Crippen molar-refractivity contribution in [2.24, 2.45) is 0 Å². The third-order valence-corrected chi connectivity index (χ3v) is 5.69. The third kappa shape index (κ3) is 2.18. The van der Waals surface area contributed by atoms with Crippen LogP contribution >= 0.6 is 11.3 Å². The van der Waals surface area contributed by atoms with E-state index in [2.05, 4.69) is 6.26 Å². The molecule has 5 rings (SSSR count). The molecule has 0 N–H and O–H groups in total. The van der Waals surface area contributed by atoms with Gasteiger partial charge in [-0.15, -0.1) is 11.3 Å². The van der Waals surface area contributed by atoms with Crippen LogP contribution in [-0.4, -0.2) is 4.98 Å². The minimum absolute atomic E-state index is 0.244. The lowest BCUT2D eigenvalue weighted by atomic mass is 10.0. The van der Waals surface area contributed by atoms with Gasteiger partial charge in [0.2, 0.25) is 0 Å². The molecule has 0 unspecified atom stereocenters. The molecule has 24 heavy (non-hydrogen) atoms. The lowest BCUT2D eigenvalue weighted by Crippen LogP contribution is -1.86. The summed E-state index contributed by atoms with van der Waals surface area (Å²) in [6.07, 6.45) is 6.08. The van der Waals surface area contributed by atoms with Crippen molar-refractivity contribution in [2.45, 2.75) is 19.3 Å². The van der Waals surface area contributed by atoms with Gasteiger partial charge in [-0.05, 0) is 72.9 Å². The maximum absolute atomic E-state index is 13.9. The Hall–Kier alpha value is -2.46. The van der Waals surface area contributed by atoms with Crippen LogP contribution in [0, 0.1) is 12.1 Å². The number of benzene rings is 1. The first-order valence-electron chi connectivity index (χ1n) is 7.96. The zero-order valence-corrected chi connectivity index (χ0v) is 13.6. The standard InChI is InChI=1S/C20H13FNOS/c21-14-6-7-15(20-22-17-4-1-5-19(17)24-20)16(11-14)13-9-12-3-2-8-23-18(12)10-13/h2-3,6-7,9-11H,1,4-5H2. The highest BCUT2D eigenvalue weighted by Gasteiger charge is 2.21. The molecule has 2 aromatic rings. The smallest absolute Gasteiger partial charge is 0.169 e. The van der Waals surface area contributed by atoms with Gasteiger partial charge in [0.25, 0.3) is 0 Å². The van der Waals surface area contributed by atoms with Crippen molar-refractivity contribution in [1.29, 1.82) is 0 Å². The number of nitrogens with zero attached hydrogens (tertiary/aromatic N) is 1. The molecule has 0 bridgehead atoms. The van der Waals surface area contributed by atoms with Crippen molar-refractivity contribution >= 4 is 11.3 Å². The monoisotopic (exact) mass is 334 g/mol. The molecule has 1 aliphatic heterocycles. The molecular formula is C20H13FNOS. The number of halogens is 1. The van der Waals surface area contributed by atoms with Crippen LogP contribution in [0.4, 0.5) is 4.39 Å². The van der Waals surface area contributed by atoms with Gasteiger partial charge in [0.15, 0.2) is 6.26 Å². The second-order valence-electron chi connectivity index (χ2n) is 6.05. The molecular weight excluding hydrogens is 321 g/mol. The van der Waals surface area contributed by atoms with Gasteiger partial charge in [0.1, 0.15) is 16.6 Å². The quantitative estimate of drug-likeness (QED) is 0.477. The number of hydrogen-bond acceptors (Lipinski definition) is 3. The Labute approximate surface area is 142 Å². The zero-order chi connectivity index (χ0) is 16.1. The van der Waals surface area contributed by atoms with Crippen molar-refractivity contribution in [3.05, 3.63) is 65.1 Å². The highest BCUT2D eigenvalue weighted by atomic mass is 32.1. The van der Waals surface area contributed by atoms with Gasteiger partial charge in [-0.2, -0.15) is 0 Å². The molecule has 0 amide bonds. The van der Waals surface area contributed by atoms with Crippen molar-refractivity contribution in [3.8, 4) is 33.0 Å². The van der Waals surface area contributed by atoms with Crippen LogP contribution in [0.1, 0.15) is 17.0 Å². The Morgan fingerprint density at radius 1 is 1.04 bits per heavy atom. The second-order valence-corrected chi connectivity index (χ2v) is 7.13. The first kappa shape index (κ1) is 13.9. The Balaban J connectivity index is 1.70. The topological polar surface area (TPSA) is 26.0 Å². The Kier molecular flexibility index (Phi) is 3.06. The summed E-state index contributed by atoms with van der Waals surface area (Å²) in [6, 6.07) is 12.6. The Bertz CT molecular complexity index is 965. The number of aryl methyl sites for hydroxylation is 2. The van der Waals surface area contributed by atoms with Crippen molar-refractivity contribution in [3.63, 3.8) is 0 Å². The van der Waals surface area contributed by atoms with Crippen molar-refractivity contribution < 1.29 is 8.81 Å². The van der Waals surface area contributed by atoms with E-state index in [0.29, 0.717) is 0 Å². The first-order valence-corrected chi connectivity index (χ1v) is 8.78. The maximum atomic E-state index is 13.9. The van der Waals surface area contributed by atoms with Crippen LogP contribution in [0.5, 0.6) is 0 Å². The average Bonchev–Trinajstić information content (AvgIpc) is 3.28. The van der Waals surface area contributed by atoms with Crippen LogP contribution in [0.2, 0.25) is 0 Å². The summed E-state index contributed by atoms with van der Waals surface area (Å²) >= 11 is 1.73. The summed E-state index contributed by atoms with van der Waals surface area (Å²) in [5.74, 6) is 0.510. The van der Waals surface area contributed by atoms with Gasteiger partial charge in [0.05, 0.1) is 5.69 Å². The normalized spacial score (nSPS) is 13.5. The van der Waals surface area contributed by atoms with Gasteiger partial charge in [-0.25, -0.2) is 9.37 Å². The van der Waals surface area contributed by atoms with Gasteiger partial charge in [0, 0.05) is 16.0 Å². The van der Waals surface area contributed by atoms with E-state index in [0.717, 1.165) is 45.9 Å². The van der Waals surface area contributed by atoms with E-state index in [1.807, 2.05) is 24.3 Å². The first-order chi connectivity index (χ1) is 11.8. The van der Waals surface area contributed by atoms with Crippen LogP contribution in [-0.2, 0) is 12.8 Å². The summed E-state index contributed by atoms with van der Waals surface area (Å²) in [7, 11) is 0. The van der Waals surface area contributed by atoms with E-state index in [9.17, 15) is 4.39 Å². The van der Waals surface area contributed by atoms with Gasteiger partial charge < -0.3 is 4.42 Å². The van der Waals surface area contributed by atoms with E-state index < -0.39 is 0 Å². The van der Waals surface area contributed by atoms with E-state index in [1.54, 1.807) is 23.5 Å². The number of hydrogen-bond donors (Lipinski definition) is 0. The summed E-state index contributed by atoms with van der Waals surface area (Å²) < 4.78 is 19.3. The molecule has 1 aromatic heterocycles. The fourth-order valence-electron chi connectivity index (χ4n) is 3.35. The molecule has 2 nitrogen and oxygen atoms in total. The third-order valence-electron chi connectivity index (χ3n) is 4.50. The van der Waals surface area contributed by atoms with Gasteiger partial charge in [-0.1, -0.05) is 0 Å². The summed E-state index contributed by atoms with van der Waals surface area (Å²) in [4.78, 5) is 6.17. The molecule has 1 aromatic carbocycles. The van der Waals surface area contributed by atoms with Crippen LogP contribution in [0.15, 0.2) is 46.9 Å². The molecule has 0 saturated carbocycles. The number of aromatic nitrogens is 1. The van der Waals surface area contributed by atoms with Crippen molar-refractivity contribution in [2.75, 3.05) is 0 Å². The minimum atomic E-state index is -0.244. The molecule has 0 atom stereocenters. The molecule has 4 heteroatoms. The maximum Gasteiger partial charge on any atom is 0.169 e. The Morgan fingerprint density at radius 2 is 2.00 bits per heavy atom. The lowest BCUT2D eigenvalue weighted by Gasteiger charge is -2.06. The highest BCUT2D eigenvalue weighted by Crippen LogP contribution is 2.41. The van der Waals surface area contributed by atoms with Gasteiger partial charge in [-0.3, -0.25) is 0 Å². The SMILES string of the molecule is Fc1ccc(-c2nc3c(s2)CCC3)c(-c2cc3cc[c]oc-3c2)c1. The zero-order valence-electron chi connectivity index (χ0n) is 12.8. The van der Waals surface area contributed by atoms with E-state index in [4.69, 9.17) is 9.40 Å². The Morgan fingerprint density at radius 3 is 2.88 bits per heavy atom. The molecule has 117 valence electrons. The summed E-state index contributed by atoms with van der Waals surface area (Å²) in [6.45, 7) is 0. The summed E-state index contributed by atoms with van der Waals surface area (Å²) in [5.41, 5.74) is 4.98. The molecule has 2 aliphatic carbocycles. The summed E-state index contributed by atoms with van der Waals surface area (Å²) in [5, 5.41) is 0.975. The number of thiazole rings is 1. The number of fused-ring (bicyclic) bond motifs is 2. The number of rotatable bonds is 2. The molecule has 3 aliphatic rings. The predicted octanol–water partition coefficient (Wildman–Crippen LogP) is 5.60.